The van der Waals surface area contributed by atoms with Crippen LogP contribution in [0.3, 0.4) is 0 Å². The van der Waals surface area contributed by atoms with Crippen LogP contribution in [0.2, 0.25) is 0 Å². The van der Waals surface area contributed by atoms with Crippen molar-refractivity contribution in [3.05, 3.63) is 81.2 Å². The van der Waals surface area contributed by atoms with E-state index in [0.29, 0.717) is 31.2 Å². The molecular weight excluding hydrogens is 468 g/mol. The van der Waals surface area contributed by atoms with E-state index in [4.69, 9.17) is 0 Å². The standard InChI is InChI=1S/C29H30N4O2S/c1-20-6-10-22(11-7-20)26-19-36-29(33(26)24-12-8-21(2)9-13-24)25(18-30)28(35)32-16-14-31(15-17-32)27(34)23-4-3-5-23/h6-13,19,23H,3-5,14-17H2,1-2H3/b29-25-. The Labute approximate surface area is 216 Å². The number of aryl methyl sites for hydroxylation is 2. The number of hydrogen-bond acceptors (Lipinski definition) is 5. The third-order valence-electron chi connectivity index (χ3n) is 7.24. The van der Waals surface area contributed by atoms with Gasteiger partial charge in [-0.2, -0.15) is 5.26 Å². The zero-order chi connectivity index (χ0) is 25.2. The van der Waals surface area contributed by atoms with E-state index in [1.54, 1.807) is 4.90 Å². The van der Waals surface area contributed by atoms with Gasteiger partial charge in [0.1, 0.15) is 16.7 Å². The molecule has 2 fully saturated rings. The average molecular weight is 499 g/mol. The van der Waals surface area contributed by atoms with Crippen LogP contribution in [0.5, 0.6) is 0 Å². The number of benzene rings is 2. The first-order valence-electron chi connectivity index (χ1n) is 12.5. The summed E-state index contributed by atoms with van der Waals surface area (Å²) in [4.78, 5) is 31.8. The van der Waals surface area contributed by atoms with Crippen LogP contribution in [-0.4, -0.2) is 47.8 Å². The maximum absolute atomic E-state index is 13.6. The molecule has 1 aliphatic carbocycles. The zero-order valence-electron chi connectivity index (χ0n) is 20.7. The van der Waals surface area contributed by atoms with Crippen LogP contribution in [0.25, 0.3) is 5.70 Å². The van der Waals surface area contributed by atoms with Gasteiger partial charge >= 0.3 is 0 Å². The van der Waals surface area contributed by atoms with Gasteiger partial charge in [-0.15, -0.1) is 0 Å². The van der Waals surface area contributed by atoms with Gasteiger partial charge in [0.15, 0.2) is 0 Å². The second kappa shape index (κ2) is 10.2. The number of nitrogens with zero attached hydrogens (tertiary/aromatic N) is 4. The molecule has 6 nitrogen and oxygen atoms in total. The molecule has 2 aliphatic heterocycles. The van der Waals surface area contributed by atoms with E-state index in [0.717, 1.165) is 41.8 Å². The Morgan fingerprint density at radius 2 is 1.47 bits per heavy atom. The summed E-state index contributed by atoms with van der Waals surface area (Å²) in [6.07, 6.45) is 3.08. The van der Waals surface area contributed by atoms with E-state index >= 15 is 0 Å². The fourth-order valence-corrected chi connectivity index (χ4v) is 5.78. The molecule has 1 saturated heterocycles. The number of carbonyl (C=O) groups is 2. The Hall–Kier alpha value is -3.50. The van der Waals surface area contributed by atoms with Gasteiger partial charge in [-0.3, -0.25) is 9.59 Å². The van der Waals surface area contributed by atoms with Crippen molar-refractivity contribution in [2.75, 3.05) is 31.1 Å². The second-order valence-corrected chi connectivity index (χ2v) is 10.6. The van der Waals surface area contributed by atoms with Crippen LogP contribution in [-0.2, 0) is 9.59 Å². The van der Waals surface area contributed by atoms with E-state index in [1.165, 1.54) is 17.3 Å². The number of thioether (sulfide) groups is 1. The summed E-state index contributed by atoms with van der Waals surface area (Å²) in [6, 6.07) is 18.6. The molecule has 2 aromatic carbocycles. The molecule has 0 unspecified atom stereocenters. The molecule has 0 atom stereocenters. The van der Waals surface area contributed by atoms with Crippen molar-refractivity contribution in [3.63, 3.8) is 0 Å². The molecule has 0 aromatic heterocycles. The molecule has 0 spiro atoms. The van der Waals surface area contributed by atoms with Gasteiger partial charge in [0.2, 0.25) is 5.91 Å². The first-order valence-corrected chi connectivity index (χ1v) is 13.4. The highest BCUT2D eigenvalue weighted by molar-refractivity contribution is 8.06. The van der Waals surface area contributed by atoms with Crippen LogP contribution in [0.4, 0.5) is 5.69 Å². The van der Waals surface area contributed by atoms with Crippen molar-refractivity contribution < 1.29 is 9.59 Å². The smallest absolute Gasteiger partial charge is 0.267 e. The van der Waals surface area contributed by atoms with Gasteiger partial charge in [0, 0.05) is 43.2 Å². The molecule has 0 N–H and O–H groups in total. The molecule has 2 aromatic rings. The number of anilines is 1. The highest BCUT2D eigenvalue weighted by Crippen LogP contribution is 2.44. The van der Waals surface area contributed by atoms with E-state index in [2.05, 4.69) is 37.3 Å². The number of carbonyl (C=O) groups excluding carboxylic acids is 2. The number of nitriles is 1. The third-order valence-corrected chi connectivity index (χ3v) is 8.19. The van der Waals surface area contributed by atoms with E-state index in [-0.39, 0.29) is 23.3 Å². The lowest BCUT2D eigenvalue weighted by Crippen LogP contribution is -2.53. The van der Waals surface area contributed by atoms with Gasteiger partial charge < -0.3 is 14.7 Å². The van der Waals surface area contributed by atoms with Crippen LogP contribution in [0.1, 0.15) is 36.0 Å². The normalized spacial score (nSPS) is 19.5. The maximum atomic E-state index is 13.6. The topological polar surface area (TPSA) is 67.6 Å². The molecule has 7 heteroatoms. The molecule has 1 saturated carbocycles. The largest absolute Gasteiger partial charge is 0.339 e. The van der Waals surface area contributed by atoms with Crippen molar-refractivity contribution in [2.24, 2.45) is 5.92 Å². The Balaban J connectivity index is 1.42. The highest BCUT2D eigenvalue weighted by Gasteiger charge is 2.35. The molecule has 0 radical (unpaired) electrons. The molecule has 0 bridgehead atoms. The fraction of sp³-hybridized carbons (Fsp3) is 0.345. The molecular formula is C29H30N4O2S. The lowest BCUT2D eigenvalue weighted by molar-refractivity contribution is -0.142. The van der Waals surface area contributed by atoms with Crippen LogP contribution < -0.4 is 4.90 Å². The molecule has 184 valence electrons. The SMILES string of the molecule is Cc1ccc(C2=CS/C(=C(/C#N)C(=O)N3CCN(C(=O)C4CCC4)CC3)N2c2ccc(C)cc2)cc1. The van der Waals surface area contributed by atoms with Gasteiger partial charge in [-0.1, -0.05) is 65.7 Å². The summed E-state index contributed by atoms with van der Waals surface area (Å²) in [5.74, 6) is 0.107. The number of hydrogen-bond donors (Lipinski definition) is 0. The minimum absolute atomic E-state index is 0.137. The highest BCUT2D eigenvalue weighted by atomic mass is 32.2. The number of piperazine rings is 1. The van der Waals surface area contributed by atoms with Crippen LogP contribution in [0, 0.1) is 31.1 Å². The first kappa shape index (κ1) is 24.2. The summed E-state index contributed by atoms with van der Waals surface area (Å²) < 4.78 is 0. The Morgan fingerprint density at radius 3 is 2.03 bits per heavy atom. The predicted octanol–water partition coefficient (Wildman–Crippen LogP) is 5.06. The lowest BCUT2D eigenvalue weighted by Gasteiger charge is -2.38. The molecule has 5 rings (SSSR count). The number of rotatable bonds is 4. The molecule has 2 amide bonds. The maximum Gasteiger partial charge on any atom is 0.267 e. The van der Waals surface area contributed by atoms with Gasteiger partial charge in [-0.25, -0.2) is 0 Å². The lowest BCUT2D eigenvalue weighted by atomic mass is 9.84. The Kier molecular flexibility index (Phi) is 6.88. The average Bonchev–Trinajstić information content (AvgIpc) is 3.29. The Morgan fingerprint density at radius 1 is 0.889 bits per heavy atom. The second-order valence-electron chi connectivity index (χ2n) is 9.70. The van der Waals surface area contributed by atoms with E-state index in [1.807, 2.05) is 46.4 Å². The van der Waals surface area contributed by atoms with Gasteiger partial charge in [-0.05, 0) is 44.4 Å². The first-order chi connectivity index (χ1) is 17.5. The van der Waals surface area contributed by atoms with Crippen molar-refractivity contribution in [1.82, 2.24) is 9.80 Å². The summed E-state index contributed by atoms with van der Waals surface area (Å²) in [5.41, 5.74) is 5.32. The molecule has 36 heavy (non-hydrogen) atoms. The van der Waals surface area contributed by atoms with Crippen LogP contribution in [0.15, 0.2) is 64.5 Å². The predicted molar refractivity (Wildman–Crippen MR) is 144 cm³/mol. The van der Waals surface area contributed by atoms with Gasteiger partial charge in [0.05, 0.1) is 5.70 Å². The summed E-state index contributed by atoms with van der Waals surface area (Å²) in [7, 11) is 0. The fourth-order valence-electron chi connectivity index (χ4n) is 4.76. The van der Waals surface area contributed by atoms with Crippen molar-refractivity contribution in [1.29, 1.82) is 5.26 Å². The third kappa shape index (κ3) is 4.66. The number of amides is 2. The summed E-state index contributed by atoms with van der Waals surface area (Å²) >= 11 is 1.41. The Bertz CT molecular complexity index is 1260. The minimum atomic E-state index is -0.272. The zero-order valence-corrected chi connectivity index (χ0v) is 21.6. The van der Waals surface area contributed by atoms with Gasteiger partial charge in [0.25, 0.3) is 5.91 Å². The monoisotopic (exact) mass is 498 g/mol. The molecule has 2 heterocycles. The van der Waals surface area contributed by atoms with Crippen molar-refractivity contribution >= 4 is 35.0 Å². The van der Waals surface area contributed by atoms with E-state index in [9.17, 15) is 14.9 Å². The van der Waals surface area contributed by atoms with Crippen molar-refractivity contribution in [3.8, 4) is 6.07 Å². The minimum Gasteiger partial charge on any atom is -0.339 e. The quantitative estimate of drug-likeness (QED) is 0.435. The summed E-state index contributed by atoms with van der Waals surface area (Å²) in [6.45, 7) is 6.03. The van der Waals surface area contributed by atoms with Crippen molar-refractivity contribution in [2.45, 2.75) is 33.1 Å². The van der Waals surface area contributed by atoms with Crippen LogP contribution >= 0.6 is 11.8 Å². The summed E-state index contributed by atoms with van der Waals surface area (Å²) in [5, 5.41) is 12.8. The van der Waals surface area contributed by atoms with E-state index < -0.39 is 0 Å². The molecule has 3 aliphatic rings.